The van der Waals surface area contributed by atoms with Crippen molar-refractivity contribution in [3.8, 4) is 5.75 Å². The summed E-state index contributed by atoms with van der Waals surface area (Å²) < 4.78 is 5.48. The summed E-state index contributed by atoms with van der Waals surface area (Å²) in [6.45, 7) is 4.46. The first-order valence-corrected chi connectivity index (χ1v) is 9.56. The van der Waals surface area contributed by atoms with E-state index in [-0.39, 0.29) is 11.9 Å². The van der Waals surface area contributed by atoms with Gasteiger partial charge in [-0.2, -0.15) is 0 Å². The third-order valence-electron chi connectivity index (χ3n) is 4.68. The zero-order valence-electron chi connectivity index (χ0n) is 14.8. The van der Waals surface area contributed by atoms with Crippen LogP contribution in [-0.2, 0) is 11.3 Å². The van der Waals surface area contributed by atoms with E-state index in [1.165, 1.54) is 5.56 Å². The molecule has 1 aromatic carbocycles. The fraction of sp³-hybridized carbons (Fsp3) is 0.474. The molecule has 1 aliphatic heterocycles. The first kappa shape index (κ1) is 17.9. The Morgan fingerprint density at radius 1 is 1.48 bits per heavy atom. The van der Waals surface area contributed by atoms with Crippen molar-refractivity contribution in [3.05, 3.63) is 46.4 Å². The molecule has 1 N–H and O–H groups in total. The Morgan fingerprint density at radius 2 is 2.32 bits per heavy atom. The predicted molar refractivity (Wildman–Crippen MR) is 99.7 cm³/mol. The Kier molecular flexibility index (Phi) is 6.04. The third kappa shape index (κ3) is 4.58. The largest absolute Gasteiger partial charge is 0.496 e. The maximum Gasteiger partial charge on any atom is 0.217 e. The molecule has 0 unspecified atom stereocenters. The average molecular weight is 359 g/mol. The van der Waals surface area contributed by atoms with Gasteiger partial charge in [-0.15, -0.1) is 11.3 Å². The number of methoxy groups -OCH3 is 1. The Labute approximate surface area is 153 Å². The van der Waals surface area contributed by atoms with Crippen molar-refractivity contribution in [1.82, 2.24) is 15.2 Å². The number of thiazole rings is 1. The topological polar surface area (TPSA) is 54.5 Å². The minimum atomic E-state index is -0.00188. The van der Waals surface area contributed by atoms with E-state index in [1.807, 2.05) is 23.7 Å². The van der Waals surface area contributed by atoms with Gasteiger partial charge in [-0.1, -0.05) is 18.2 Å². The van der Waals surface area contributed by atoms with Gasteiger partial charge in [0.15, 0.2) is 0 Å². The van der Waals surface area contributed by atoms with E-state index in [1.54, 1.807) is 25.4 Å². The van der Waals surface area contributed by atoms with Crippen LogP contribution >= 0.6 is 11.3 Å². The number of benzene rings is 1. The maximum atomic E-state index is 11.7. The number of carbonyl (C=O) groups is 1. The number of piperidine rings is 1. The number of ether oxygens (including phenoxy) is 1. The Hall–Kier alpha value is -1.92. The molecule has 1 aromatic heterocycles. The molecule has 3 rings (SSSR count). The number of carbonyl (C=O) groups excluding carboxylic acids is 1. The number of amides is 1. The molecule has 1 fully saturated rings. The molecule has 1 amide bonds. The lowest BCUT2D eigenvalue weighted by atomic mass is 9.90. The number of likely N-dealkylation sites (tertiary alicyclic amines) is 1. The summed E-state index contributed by atoms with van der Waals surface area (Å²) in [5, 5.41) is 6.09. The van der Waals surface area contributed by atoms with Crippen molar-refractivity contribution in [2.24, 2.45) is 5.92 Å². The molecule has 0 saturated carbocycles. The maximum absolute atomic E-state index is 11.7. The number of hydrogen-bond acceptors (Lipinski definition) is 5. The van der Waals surface area contributed by atoms with Gasteiger partial charge in [0.1, 0.15) is 10.8 Å². The predicted octanol–water partition coefficient (Wildman–Crippen LogP) is 3.24. The highest BCUT2D eigenvalue weighted by atomic mass is 32.1. The number of hydrogen-bond donors (Lipinski definition) is 1. The number of para-hydroxylation sites is 1. The molecule has 2 heterocycles. The highest BCUT2D eigenvalue weighted by Gasteiger charge is 2.30. The molecule has 2 atom stereocenters. The van der Waals surface area contributed by atoms with E-state index in [0.29, 0.717) is 5.92 Å². The fourth-order valence-corrected chi connectivity index (χ4v) is 4.35. The van der Waals surface area contributed by atoms with Crippen molar-refractivity contribution in [1.29, 1.82) is 0 Å². The lowest BCUT2D eigenvalue weighted by Gasteiger charge is -2.36. The van der Waals surface area contributed by atoms with Gasteiger partial charge < -0.3 is 10.1 Å². The van der Waals surface area contributed by atoms with Crippen molar-refractivity contribution >= 4 is 17.2 Å². The smallest absolute Gasteiger partial charge is 0.217 e. The van der Waals surface area contributed by atoms with E-state index in [4.69, 9.17) is 4.74 Å². The van der Waals surface area contributed by atoms with E-state index in [0.717, 1.165) is 43.2 Å². The Balaban J connectivity index is 1.72. The molecule has 0 bridgehead atoms. The van der Waals surface area contributed by atoms with E-state index in [9.17, 15) is 4.79 Å². The van der Waals surface area contributed by atoms with Crippen LogP contribution in [0.15, 0.2) is 35.8 Å². The summed E-state index contributed by atoms with van der Waals surface area (Å²) in [4.78, 5) is 18.6. The number of nitrogens with zero attached hydrogens (tertiary/aromatic N) is 2. The van der Waals surface area contributed by atoms with Gasteiger partial charge in [-0.25, -0.2) is 4.98 Å². The van der Waals surface area contributed by atoms with Crippen molar-refractivity contribution in [2.75, 3.05) is 20.2 Å². The fourth-order valence-electron chi connectivity index (χ4n) is 3.57. The van der Waals surface area contributed by atoms with Crippen LogP contribution in [0.4, 0.5) is 0 Å². The molecule has 1 saturated heterocycles. The summed E-state index contributed by atoms with van der Waals surface area (Å²) in [5.74, 6) is 1.31. The van der Waals surface area contributed by atoms with Crippen molar-refractivity contribution in [3.63, 3.8) is 0 Å². The second-order valence-corrected chi connectivity index (χ2v) is 7.42. The van der Waals surface area contributed by atoms with E-state index < -0.39 is 0 Å². The summed E-state index contributed by atoms with van der Waals surface area (Å²) in [5.41, 5.74) is 1.20. The van der Waals surface area contributed by atoms with Crippen LogP contribution in [0.5, 0.6) is 5.75 Å². The number of rotatable bonds is 6. The molecular weight excluding hydrogens is 334 g/mol. The van der Waals surface area contributed by atoms with Crippen LogP contribution in [0.1, 0.15) is 36.4 Å². The third-order valence-corrected chi connectivity index (χ3v) is 5.53. The summed E-state index contributed by atoms with van der Waals surface area (Å²) in [7, 11) is 1.72. The Bertz CT molecular complexity index is 690. The minimum Gasteiger partial charge on any atom is -0.496 e. The van der Waals surface area contributed by atoms with Gasteiger partial charge in [0, 0.05) is 37.2 Å². The molecule has 0 radical (unpaired) electrons. The summed E-state index contributed by atoms with van der Waals surface area (Å²) in [6.07, 6.45) is 4.04. The van der Waals surface area contributed by atoms with Crippen molar-refractivity contribution in [2.45, 2.75) is 32.4 Å². The quantitative estimate of drug-likeness (QED) is 0.860. The van der Waals surface area contributed by atoms with Crippen LogP contribution < -0.4 is 10.1 Å². The summed E-state index contributed by atoms with van der Waals surface area (Å²) >= 11 is 1.61. The molecule has 0 aliphatic carbocycles. The normalized spacial score (nSPS) is 19.4. The first-order valence-electron chi connectivity index (χ1n) is 8.68. The van der Waals surface area contributed by atoms with Crippen LogP contribution in [0.3, 0.4) is 0 Å². The van der Waals surface area contributed by atoms with Crippen LogP contribution in [0.2, 0.25) is 0 Å². The highest BCUT2D eigenvalue weighted by Crippen LogP contribution is 2.32. The summed E-state index contributed by atoms with van der Waals surface area (Å²) in [6, 6.07) is 8.17. The highest BCUT2D eigenvalue weighted by molar-refractivity contribution is 7.09. The monoisotopic (exact) mass is 359 g/mol. The number of nitrogens with one attached hydrogen (secondary N) is 1. The number of aromatic nitrogens is 1. The van der Waals surface area contributed by atoms with Gasteiger partial charge in [0.05, 0.1) is 13.2 Å². The Morgan fingerprint density at radius 3 is 3.04 bits per heavy atom. The van der Waals surface area contributed by atoms with E-state index >= 15 is 0 Å². The molecular formula is C19H25N3O2S. The van der Waals surface area contributed by atoms with Crippen LogP contribution in [0, 0.1) is 5.92 Å². The second-order valence-electron chi connectivity index (χ2n) is 6.50. The molecule has 134 valence electrons. The lowest BCUT2D eigenvalue weighted by molar-refractivity contribution is -0.120. The van der Waals surface area contributed by atoms with Crippen LogP contribution in [0.25, 0.3) is 0 Å². The molecule has 1 aliphatic rings. The van der Waals surface area contributed by atoms with Gasteiger partial charge in [0.25, 0.3) is 0 Å². The minimum absolute atomic E-state index is 0.00188. The molecule has 2 aromatic rings. The average Bonchev–Trinajstić information content (AvgIpc) is 3.14. The van der Waals surface area contributed by atoms with Gasteiger partial charge in [-0.05, 0) is 31.4 Å². The lowest BCUT2D eigenvalue weighted by Crippen LogP contribution is -2.42. The first-order chi connectivity index (χ1) is 12.2. The second kappa shape index (κ2) is 8.45. The standard InChI is InChI=1S/C19H25N3O2S/c1-14(23)21-18(19-20-9-11-25-19)16-7-5-10-22(13-16)12-15-6-3-4-8-17(15)24-2/h3-4,6,8-9,11,16,18H,5,7,10,12-13H2,1-2H3,(H,21,23)/t16-,18+/m1/s1. The van der Waals surface area contributed by atoms with Gasteiger partial charge >= 0.3 is 0 Å². The van der Waals surface area contributed by atoms with Crippen LogP contribution in [-0.4, -0.2) is 36.0 Å². The SMILES string of the molecule is COc1ccccc1CN1CCC[C@@H]([C@H](NC(C)=O)c2nccs2)C1. The van der Waals surface area contributed by atoms with Crippen molar-refractivity contribution < 1.29 is 9.53 Å². The molecule has 6 heteroatoms. The zero-order chi connectivity index (χ0) is 17.6. The van der Waals surface area contributed by atoms with E-state index in [2.05, 4.69) is 27.3 Å². The zero-order valence-corrected chi connectivity index (χ0v) is 15.6. The molecule has 0 spiro atoms. The molecule has 5 nitrogen and oxygen atoms in total. The van der Waals surface area contributed by atoms with Gasteiger partial charge in [-0.3, -0.25) is 9.69 Å². The molecule has 25 heavy (non-hydrogen) atoms. The van der Waals surface area contributed by atoms with Gasteiger partial charge in [0.2, 0.25) is 5.91 Å².